The van der Waals surface area contributed by atoms with Gasteiger partial charge in [0.15, 0.2) is 0 Å². The highest BCUT2D eigenvalue weighted by Crippen LogP contribution is 2.58. The van der Waals surface area contributed by atoms with Gasteiger partial charge in [-0.15, -0.1) is 0 Å². The van der Waals surface area contributed by atoms with Crippen molar-refractivity contribution in [3.8, 4) is 0 Å². The van der Waals surface area contributed by atoms with Crippen molar-refractivity contribution in [2.45, 2.75) is 38.4 Å². The number of hydrogen-bond acceptors (Lipinski definition) is 3. The van der Waals surface area contributed by atoms with Crippen LogP contribution in [-0.4, -0.2) is 30.0 Å². The standard InChI is InChI=1S/C10H19NO2/c1-7-8(2)13-6-10(7,12)9(5-11)3-4-9/h7-8,12H,3-6,11H2,1-2H3. The van der Waals surface area contributed by atoms with E-state index in [4.69, 9.17) is 10.5 Å². The van der Waals surface area contributed by atoms with Crippen LogP contribution in [0, 0.1) is 11.3 Å². The van der Waals surface area contributed by atoms with Crippen LogP contribution in [0.15, 0.2) is 0 Å². The molecule has 0 aromatic heterocycles. The first-order chi connectivity index (χ1) is 6.06. The average molecular weight is 185 g/mol. The molecule has 0 aromatic rings. The van der Waals surface area contributed by atoms with Gasteiger partial charge in [-0.2, -0.15) is 0 Å². The van der Waals surface area contributed by atoms with E-state index in [9.17, 15) is 5.11 Å². The molecule has 3 nitrogen and oxygen atoms in total. The molecule has 1 aliphatic heterocycles. The van der Waals surface area contributed by atoms with Gasteiger partial charge in [0.2, 0.25) is 0 Å². The minimum atomic E-state index is -0.666. The van der Waals surface area contributed by atoms with E-state index in [0.717, 1.165) is 12.8 Å². The van der Waals surface area contributed by atoms with E-state index >= 15 is 0 Å². The summed E-state index contributed by atoms with van der Waals surface area (Å²) >= 11 is 0. The zero-order valence-electron chi connectivity index (χ0n) is 8.42. The molecule has 1 saturated carbocycles. The first-order valence-electron chi connectivity index (χ1n) is 5.10. The van der Waals surface area contributed by atoms with Crippen molar-refractivity contribution in [3.05, 3.63) is 0 Å². The Kier molecular flexibility index (Phi) is 1.95. The Morgan fingerprint density at radius 2 is 2.08 bits per heavy atom. The van der Waals surface area contributed by atoms with Gasteiger partial charge in [-0.3, -0.25) is 0 Å². The number of ether oxygens (including phenoxy) is 1. The first-order valence-corrected chi connectivity index (χ1v) is 5.10. The Morgan fingerprint density at radius 1 is 1.46 bits per heavy atom. The predicted molar refractivity (Wildman–Crippen MR) is 50.2 cm³/mol. The predicted octanol–water partition coefficient (Wildman–Crippen LogP) is 0.511. The van der Waals surface area contributed by atoms with Gasteiger partial charge in [-0.1, -0.05) is 6.92 Å². The van der Waals surface area contributed by atoms with Crippen molar-refractivity contribution in [2.24, 2.45) is 17.1 Å². The van der Waals surface area contributed by atoms with Gasteiger partial charge >= 0.3 is 0 Å². The van der Waals surface area contributed by atoms with Crippen LogP contribution in [0.4, 0.5) is 0 Å². The fourth-order valence-electron chi connectivity index (χ4n) is 2.52. The summed E-state index contributed by atoms with van der Waals surface area (Å²) in [5.41, 5.74) is 5.03. The quantitative estimate of drug-likeness (QED) is 0.659. The summed E-state index contributed by atoms with van der Waals surface area (Å²) < 4.78 is 5.50. The molecule has 13 heavy (non-hydrogen) atoms. The Morgan fingerprint density at radius 3 is 2.38 bits per heavy atom. The Bertz CT molecular complexity index is 215. The van der Waals surface area contributed by atoms with Gasteiger partial charge in [-0.05, 0) is 19.8 Å². The number of nitrogens with two attached hydrogens (primary N) is 1. The molecule has 1 aliphatic carbocycles. The van der Waals surface area contributed by atoms with Gasteiger partial charge in [0, 0.05) is 17.9 Å². The van der Waals surface area contributed by atoms with E-state index in [1.165, 1.54) is 0 Å². The molecule has 2 fully saturated rings. The van der Waals surface area contributed by atoms with Crippen molar-refractivity contribution in [2.75, 3.05) is 13.2 Å². The number of hydrogen-bond donors (Lipinski definition) is 2. The maximum atomic E-state index is 10.5. The number of rotatable bonds is 2. The second kappa shape index (κ2) is 2.69. The van der Waals surface area contributed by atoms with Crippen LogP contribution in [0.5, 0.6) is 0 Å². The molecule has 3 heteroatoms. The van der Waals surface area contributed by atoms with Crippen LogP contribution < -0.4 is 5.73 Å². The Hall–Kier alpha value is -0.120. The molecule has 1 saturated heterocycles. The van der Waals surface area contributed by atoms with Crippen LogP contribution in [0.2, 0.25) is 0 Å². The summed E-state index contributed by atoms with van der Waals surface area (Å²) in [5.74, 6) is 0.207. The zero-order valence-corrected chi connectivity index (χ0v) is 8.42. The summed E-state index contributed by atoms with van der Waals surface area (Å²) in [5, 5.41) is 10.5. The van der Waals surface area contributed by atoms with Crippen molar-refractivity contribution in [1.29, 1.82) is 0 Å². The molecule has 0 aromatic carbocycles. The van der Waals surface area contributed by atoms with Crippen molar-refractivity contribution < 1.29 is 9.84 Å². The highest BCUT2D eigenvalue weighted by atomic mass is 16.5. The molecule has 0 spiro atoms. The van der Waals surface area contributed by atoms with E-state index in [1.54, 1.807) is 0 Å². The first kappa shape index (κ1) is 9.44. The fourth-order valence-corrected chi connectivity index (χ4v) is 2.52. The van der Waals surface area contributed by atoms with Crippen molar-refractivity contribution in [3.63, 3.8) is 0 Å². The third-order valence-electron chi connectivity index (χ3n) is 4.19. The summed E-state index contributed by atoms with van der Waals surface area (Å²) in [6.45, 7) is 5.14. The number of aliphatic hydroxyl groups is 1. The summed E-state index contributed by atoms with van der Waals surface area (Å²) in [6.07, 6.45) is 2.27. The summed E-state index contributed by atoms with van der Waals surface area (Å²) in [4.78, 5) is 0. The topological polar surface area (TPSA) is 55.5 Å². The maximum absolute atomic E-state index is 10.5. The SMILES string of the molecule is CC1OCC(O)(C2(CN)CC2)C1C. The molecule has 0 bridgehead atoms. The Balaban J connectivity index is 2.21. The normalized spacial score (nSPS) is 48.0. The van der Waals surface area contributed by atoms with Gasteiger partial charge in [0.1, 0.15) is 0 Å². The molecular weight excluding hydrogens is 166 g/mol. The molecule has 1 heterocycles. The monoisotopic (exact) mass is 185 g/mol. The second-order valence-corrected chi connectivity index (χ2v) is 4.71. The molecule has 0 amide bonds. The third kappa shape index (κ3) is 1.07. The van der Waals surface area contributed by atoms with Crippen LogP contribution in [0.1, 0.15) is 26.7 Å². The zero-order chi connectivity index (χ0) is 9.69. The molecule has 76 valence electrons. The Labute approximate surface area is 79.3 Å². The molecule has 2 rings (SSSR count). The minimum absolute atomic E-state index is 0.0306. The minimum Gasteiger partial charge on any atom is -0.386 e. The lowest BCUT2D eigenvalue weighted by Gasteiger charge is -2.35. The van der Waals surface area contributed by atoms with Gasteiger partial charge in [-0.25, -0.2) is 0 Å². The smallest absolute Gasteiger partial charge is 0.0997 e. The largest absolute Gasteiger partial charge is 0.386 e. The molecule has 3 N–H and O–H groups in total. The van der Waals surface area contributed by atoms with Crippen molar-refractivity contribution >= 4 is 0 Å². The highest BCUT2D eigenvalue weighted by molar-refractivity contribution is 5.13. The second-order valence-electron chi connectivity index (χ2n) is 4.71. The fraction of sp³-hybridized carbons (Fsp3) is 1.00. The molecule has 0 radical (unpaired) electrons. The maximum Gasteiger partial charge on any atom is 0.0997 e. The van der Waals surface area contributed by atoms with E-state index in [1.807, 2.05) is 6.92 Å². The van der Waals surface area contributed by atoms with Crippen LogP contribution in [-0.2, 0) is 4.74 Å². The highest BCUT2D eigenvalue weighted by Gasteiger charge is 2.63. The van der Waals surface area contributed by atoms with Gasteiger partial charge in [0.05, 0.1) is 18.3 Å². The summed E-state index contributed by atoms with van der Waals surface area (Å²) in [7, 11) is 0. The lowest BCUT2D eigenvalue weighted by Crippen LogP contribution is -2.49. The van der Waals surface area contributed by atoms with Crippen LogP contribution >= 0.6 is 0 Å². The van der Waals surface area contributed by atoms with Gasteiger partial charge in [0.25, 0.3) is 0 Å². The molecule has 3 atom stereocenters. The average Bonchev–Trinajstić information content (AvgIpc) is 2.88. The van der Waals surface area contributed by atoms with E-state index < -0.39 is 5.60 Å². The lowest BCUT2D eigenvalue weighted by molar-refractivity contribution is -0.0572. The molecule has 3 unspecified atom stereocenters. The van der Waals surface area contributed by atoms with Crippen LogP contribution in [0.3, 0.4) is 0 Å². The van der Waals surface area contributed by atoms with E-state index in [0.29, 0.717) is 13.2 Å². The van der Waals surface area contributed by atoms with Gasteiger partial charge < -0.3 is 15.6 Å². The summed E-state index contributed by atoms with van der Waals surface area (Å²) in [6, 6.07) is 0. The van der Waals surface area contributed by atoms with E-state index in [2.05, 4.69) is 6.92 Å². The molecular formula is C10H19NO2. The van der Waals surface area contributed by atoms with E-state index in [-0.39, 0.29) is 17.4 Å². The lowest BCUT2D eigenvalue weighted by atomic mass is 9.75. The third-order valence-corrected chi connectivity index (χ3v) is 4.19. The van der Waals surface area contributed by atoms with Crippen molar-refractivity contribution in [1.82, 2.24) is 0 Å². The molecule has 2 aliphatic rings. The van der Waals surface area contributed by atoms with Crippen LogP contribution in [0.25, 0.3) is 0 Å².